The zero-order valence-corrected chi connectivity index (χ0v) is 12.3. The summed E-state index contributed by atoms with van der Waals surface area (Å²) in [5.41, 5.74) is 2.61. The maximum absolute atomic E-state index is 12.4. The molecule has 20 heavy (non-hydrogen) atoms. The van der Waals surface area contributed by atoms with E-state index in [1.54, 1.807) is 0 Å². The lowest BCUT2D eigenvalue weighted by atomic mass is 10.0. The molecule has 1 saturated heterocycles. The van der Waals surface area contributed by atoms with Crippen molar-refractivity contribution < 1.29 is 9.90 Å². The normalized spacial score (nSPS) is 25.0. The number of hydrogen-bond donors (Lipinski definition) is 1. The summed E-state index contributed by atoms with van der Waals surface area (Å²) in [4.78, 5) is 14.2. The molecule has 1 N–H and O–H groups in total. The van der Waals surface area contributed by atoms with Crippen LogP contribution in [0.3, 0.4) is 0 Å². The summed E-state index contributed by atoms with van der Waals surface area (Å²) in [5, 5.41) is 10.1. The van der Waals surface area contributed by atoms with E-state index in [4.69, 9.17) is 11.6 Å². The number of rotatable bonds is 3. The second-order valence-corrected chi connectivity index (χ2v) is 6.39. The summed E-state index contributed by atoms with van der Waals surface area (Å²) < 4.78 is 0. The maximum Gasteiger partial charge on any atom is 0.223 e. The van der Waals surface area contributed by atoms with Crippen molar-refractivity contribution in [1.82, 2.24) is 4.90 Å². The van der Waals surface area contributed by atoms with E-state index in [9.17, 15) is 9.90 Å². The highest BCUT2D eigenvalue weighted by atomic mass is 35.5. The molecular weight excluding hydrogens is 274 g/mol. The Bertz CT molecular complexity index is 517. The van der Waals surface area contributed by atoms with E-state index in [1.165, 1.54) is 11.1 Å². The van der Waals surface area contributed by atoms with Crippen LogP contribution in [0.15, 0.2) is 18.2 Å². The standard InChI is InChI=1S/C16H20ClNO2/c17-14-4-3-12-6-11(7-13(12)9-14)8-16(20)18-5-1-2-15(18)10-19/h3-4,9,11,15,19H,1-2,5-8,10H2/t11-,15+/m1/s1. The largest absolute Gasteiger partial charge is 0.394 e. The fourth-order valence-electron chi connectivity index (χ4n) is 3.54. The molecule has 1 aromatic rings. The van der Waals surface area contributed by atoms with Crippen molar-refractivity contribution in [2.75, 3.05) is 13.2 Å². The fraction of sp³-hybridized carbons (Fsp3) is 0.562. The Hall–Kier alpha value is -1.06. The second-order valence-electron chi connectivity index (χ2n) is 5.96. The number of carbonyl (C=O) groups excluding carboxylic acids is 1. The molecule has 1 fully saturated rings. The van der Waals surface area contributed by atoms with Crippen LogP contribution < -0.4 is 0 Å². The number of aliphatic hydroxyl groups is 1. The molecule has 0 spiro atoms. The summed E-state index contributed by atoms with van der Waals surface area (Å²) in [7, 11) is 0. The first-order chi connectivity index (χ1) is 9.67. The van der Waals surface area contributed by atoms with Gasteiger partial charge in [0.1, 0.15) is 0 Å². The van der Waals surface area contributed by atoms with Crippen LogP contribution in [0.1, 0.15) is 30.4 Å². The van der Waals surface area contributed by atoms with Gasteiger partial charge in [-0.15, -0.1) is 0 Å². The maximum atomic E-state index is 12.4. The van der Waals surface area contributed by atoms with Crippen molar-refractivity contribution >= 4 is 17.5 Å². The minimum absolute atomic E-state index is 0.0423. The third kappa shape index (κ3) is 2.70. The number of amides is 1. The van der Waals surface area contributed by atoms with Gasteiger partial charge in [-0.2, -0.15) is 0 Å². The van der Waals surface area contributed by atoms with Gasteiger partial charge < -0.3 is 10.0 Å². The lowest BCUT2D eigenvalue weighted by Gasteiger charge is -2.24. The van der Waals surface area contributed by atoms with Gasteiger partial charge in [-0.05, 0) is 54.9 Å². The topological polar surface area (TPSA) is 40.5 Å². The van der Waals surface area contributed by atoms with E-state index < -0.39 is 0 Å². The third-order valence-corrected chi connectivity index (χ3v) is 4.79. The molecule has 0 bridgehead atoms. The smallest absolute Gasteiger partial charge is 0.223 e. The summed E-state index contributed by atoms with van der Waals surface area (Å²) in [6.07, 6.45) is 4.44. The first kappa shape index (κ1) is 13.9. The molecule has 1 aromatic carbocycles. The van der Waals surface area contributed by atoms with E-state index >= 15 is 0 Å². The first-order valence-electron chi connectivity index (χ1n) is 7.35. The van der Waals surface area contributed by atoms with Gasteiger partial charge in [-0.25, -0.2) is 0 Å². The molecule has 2 atom stereocenters. The monoisotopic (exact) mass is 293 g/mol. The number of fused-ring (bicyclic) bond motifs is 1. The molecule has 1 heterocycles. The van der Waals surface area contributed by atoms with Crippen LogP contribution in [0.2, 0.25) is 5.02 Å². The SMILES string of the molecule is O=C(C[C@@H]1Cc2ccc(Cl)cc2C1)N1CCC[C@H]1CO. The van der Waals surface area contributed by atoms with Gasteiger partial charge in [0.05, 0.1) is 12.6 Å². The summed E-state index contributed by atoms with van der Waals surface area (Å²) in [6, 6.07) is 6.07. The highest BCUT2D eigenvalue weighted by molar-refractivity contribution is 6.30. The average Bonchev–Trinajstić information content (AvgIpc) is 3.03. The van der Waals surface area contributed by atoms with Gasteiger partial charge in [-0.1, -0.05) is 17.7 Å². The molecule has 0 radical (unpaired) electrons. The molecule has 3 nitrogen and oxygen atoms in total. The number of nitrogens with zero attached hydrogens (tertiary/aromatic N) is 1. The Balaban J connectivity index is 1.61. The Morgan fingerprint density at radius 1 is 1.35 bits per heavy atom. The summed E-state index contributed by atoms with van der Waals surface area (Å²) in [5.74, 6) is 0.585. The molecular formula is C16H20ClNO2. The Morgan fingerprint density at radius 3 is 2.95 bits per heavy atom. The number of benzene rings is 1. The van der Waals surface area contributed by atoms with Gasteiger partial charge in [-0.3, -0.25) is 4.79 Å². The minimum atomic E-state index is 0.0423. The number of halogens is 1. The molecule has 4 heteroatoms. The second kappa shape index (κ2) is 5.74. The first-order valence-corrected chi connectivity index (χ1v) is 7.73. The van der Waals surface area contributed by atoms with Crippen molar-refractivity contribution in [3.63, 3.8) is 0 Å². The predicted molar refractivity (Wildman–Crippen MR) is 78.8 cm³/mol. The van der Waals surface area contributed by atoms with E-state index in [2.05, 4.69) is 6.07 Å². The molecule has 0 aromatic heterocycles. The summed E-state index contributed by atoms with van der Waals surface area (Å²) >= 11 is 6.02. The number of carbonyl (C=O) groups is 1. The zero-order valence-electron chi connectivity index (χ0n) is 11.5. The van der Waals surface area contributed by atoms with Gasteiger partial charge in [0.25, 0.3) is 0 Å². The molecule has 1 aliphatic heterocycles. The Morgan fingerprint density at radius 2 is 2.15 bits per heavy atom. The lowest BCUT2D eigenvalue weighted by molar-refractivity contribution is -0.133. The lowest BCUT2D eigenvalue weighted by Crippen LogP contribution is -2.38. The predicted octanol–water partition coefficient (Wildman–Crippen LogP) is 2.43. The van der Waals surface area contributed by atoms with Crippen LogP contribution in [0.4, 0.5) is 0 Å². The molecule has 2 aliphatic rings. The molecule has 1 aliphatic carbocycles. The highest BCUT2D eigenvalue weighted by Crippen LogP contribution is 2.32. The van der Waals surface area contributed by atoms with Crippen molar-refractivity contribution in [2.45, 2.75) is 38.1 Å². The molecule has 0 unspecified atom stereocenters. The van der Waals surface area contributed by atoms with Crippen LogP contribution in [-0.4, -0.2) is 35.1 Å². The van der Waals surface area contributed by atoms with Crippen molar-refractivity contribution in [3.8, 4) is 0 Å². The summed E-state index contributed by atoms with van der Waals surface area (Å²) in [6.45, 7) is 0.891. The number of hydrogen-bond acceptors (Lipinski definition) is 2. The zero-order chi connectivity index (χ0) is 14.1. The molecule has 0 saturated carbocycles. The Kier molecular flexibility index (Phi) is 3.99. The van der Waals surface area contributed by atoms with Crippen LogP contribution in [0.25, 0.3) is 0 Å². The van der Waals surface area contributed by atoms with Gasteiger partial charge >= 0.3 is 0 Å². The van der Waals surface area contributed by atoms with Crippen LogP contribution >= 0.6 is 11.6 Å². The molecule has 108 valence electrons. The minimum Gasteiger partial charge on any atom is -0.394 e. The van der Waals surface area contributed by atoms with Crippen molar-refractivity contribution in [1.29, 1.82) is 0 Å². The van der Waals surface area contributed by atoms with E-state index in [0.717, 1.165) is 37.3 Å². The van der Waals surface area contributed by atoms with Gasteiger partial charge in [0.2, 0.25) is 5.91 Å². The van der Waals surface area contributed by atoms with Crippen LogP contribution in [-0.2, 0) is 17.6 Å². The van der Waals surface area contributed by atoms with E-state index in [-0.39, 0.29) is 18.6 Å². The number of aliphatic hydroxyl groups excluding tert-OH is 1. The van der Waals surface area contributed by atoms with Crippen molar-refractivity contribution in [3.05, 3.63) is 34.3 Å². The van der Waals surface area contributed by atoms with E-state index in [0.29, 0.717) is 12.3 Å². The Labute approximate surface area is 124 Å². The number of likely N-dealkylation sites (tertiary alicyclic amines) is 1. The molecule has 3 rings (SSSR count). The quantitative estimate of drug-likeness (QED) is 0.930. The van der Waals surface area contributed by atoms with E-state index in [1.807, 2.05) is 17.0 Å². The fourth-order valence-corrected chi connectivity index (χ4v) is 3.73. The van der Waals surface area contributed by atoms with Crippen LogP contribution in [0, 0.1) is 5.92 Å². The van der Waals surface area contributed by atoms with Gasteiger partial charge in [0.15, 0.2) is 0 Å². The molecule has 1 amide bonds. The van der Waals surface area contributed by atoms with Crippen LogP contribution in [0.5, 0.6) is 0 Å². The van der Waals surface area contributed by atoms with Gasteiger partial charge in [0, 0.05) is 18.0 Å². The average molecular weight is 294 g/mol. The van der Waals surface area contributed by atoms with Crippen molar-refractivity contribution in [2.24, 2.45) is 5.92 Å². The highest BCUT2D eigenvalue weighted by Gasteiger charge is 2.31. The third-order valence-electron chi connectivity index (χ3n) is 4.56.